The van der Waals surface area contributed by atoms with Crippen molar-refractivity contribution < 1.29 is 0 Å². The molecule has 0 saturated carbocycles. The molecule has 3 heteroatoms. The normalized spacial score (nSPS) is 24.4. The highest BCUT2D eigenvalue weighted by atomic mass is 32.2. The number of rotatable bonds is 4. The monoisotopic (exact) mass is 303 g/mol. The van der Waals surface area contributed by atoms with Crippen LogP contribution in [0.2, 0.25) is 0 Å². The summed E-state index contributed by atoms with van der Waals surface area (Å²) < 4.78 is 0. The van der Waals surface area contributed by atoms with Crippen molar-refractivity contribution in [3.63, 3.8) is 0 Å². The van der Waals surface area contributed by atoms with E-state index in [1.807, 2.05) is 11.3 Å². The standard InChI is InChI=1S/C17H21NS2/c1-13-15(9-5-11-19-13)18-17(16-10-6-12-20-16)14-7-3-2-4-8-14/h2-4,6-8,10,12-13,15,17-18H,5,9,11H2,1H3. The van der Waals surface area contributed by atoms with Crippen molar-refractivity contribution in [1.29, 1.82) is 0 Å². The highest BCUT2D eigenvalue weighted by Crippen LogP contribution is 2.31. The summed E-state index contributed by atoms with van der Waals surface area (Å²) in [6.07, 6.45) is 2.63. The summed E-state index contributed by atoms with van der Waals surface area (Å²) in [6, 6.07) is 16.2. The Morgan fingerprint density at radius 3 is 2.70 bits per heavy atom. The molecule has 0 radical (unpaired) electrons. The van der Waals surface area contributed by atoms with Crippen LogP contribution in [0, 0.1) is 0 Å². The first-order chi connectivity index (χ1) is 9.84. The van der Waals surface area contributed by atoms with Gasteiger partial charge in [0.25, 0.3) is 0 Å². The zero-order valence-electron chi connectivity index (χ0n) is 11.8. The van der Waals surface area contributed by atoms with Gasteiger partial charge in [-0.1, -0.05) is 43.3 Å². The zero-order valence-corrected chi connectivity index (χ0v) is 13.4. The highest BCUT2D eigenvalue weighted by Gasteiger charge is 2.26. The van der Waals surface area contributed by atoms with Gasteiger partial charge < -0.3 is 5.32 Å². The van der Waals surface area contributed by atoms with E-state index in [1.165, 1.54) is 29.0 Å². The predicted molar refractivity (Wildman–Crippen MR) is 90.7 cm³/mol. The van der Waals surface area contributed by atoms with Gasteiger partial charge in [0.15, 0.2) is 0 Å². The molecule has 1 fully saturated rings. The second-order valence-corrected chi connectivity index (χ2v) is 7.81. The first-order valence-electron chi connectivity index (χ1n) is 7.30. The van der Waals surface area contributed by atoms with Gasteiger partial charge in [0, 0.05) is 16.2 Å². The van der Waals surface area contributed by atoms with Crippen LogP contribution in [0.1, 0.15) is 36.2 Å². The van der Waals surface area contributed by atoms with Crippen LogP contribution in [0.25, 0.3) is 0 Å². The molecule has 106 valence electrons. The van der Waals surface area contributed by atoms with E-state index in [1.54, 1.807) is 0 Å². The van der Waals surface area contributed by atoms with E-state index >= 15 is 0 Å². The minimum Gasteiger partial charge on any atom is -0.302 e. The maximum absolute atomic E-state index is 3.91. The number of hydrogen-bond acceptors (Lipinski definition) is 3. The van der Waals surface area contributed by atoms with Crippen molar-refractivity contribution in [2.45, 2.75) is 37.1 Å². The number of benzene rings is 1. The van der Waals surface area contributed by atoms with Gasteiger partial charge in [-0.05, 0) is 35.6 Å². The Bertz CT molecular complexity index is 509. The summed E-state index contributed by atoms with van der Waals surface area (Å²) in [5.74, 6) is 1.31. The van der Waals surface area contributed by atoms with E-state index in [0.29, 0.717) is 17.3 Å². The van der Waals surface area contributed by atoms with Crippen molar-refractivity contribution in [2.75, 3.05) is 5.75 Å². The first-order valence-corrected chi connectivity index (χ1v) is 9.23. The molecular weight excluding hydrogens is 282 g/mol. The molecule has 1 aliphatic heterocycles. The van der Waals surface area contributed by atoms with Gasteiger partial charge in [0.2, 0.25) is 0 Å². The number of thiophene rings is 1. The van der Waals surface area contributed by atoms with Gasteiger partial charge in [0.1, 0.15) is 0 Å². The van der Waals surface area contributed by atoms with E-state index in [2.05, 4.69) is 71.8 Å². The van der Waals surface area contributed by atoms with E-state index in [9.17, 15) is 0 Å². The molecule has 1 aromatic heterocycles. The Morgan fingerprint density at radius 2 is 2.00 bits per heavy atom. The van der Waals surface area contributed by atoms with E-state index in [4.69, 9.17) is 0 Å². The van der Waals surface area contributed by atoms with E-state index < -0.39 is 0 Å². The van der Waals surface area contributed by atoms with E-state index in [0.717, 1.165) is 0 Å². The van der Waals surface area contributed by atoms with Gasteiger partial charge in [-0.25, -0.2) is 0 Å². The van der Waals surface area contributed by atoms with Crippen LogP contribution in [0.15, 0.2) is 47.8 Å². The van der Waals surface area contributed by atoms with Gasteiger partial charge in [0.05, 0.1) is 6.04 Å². The minimum absolute atomic E-state index is 0.336. The molecule has 3 atom stereocenters. The number of hydrogen-bond donors (Lipinski definition) is 1. The minimum atomic E-state index is 0.336. The summed E-state index contributed by atoms with van der Waals surface area (Å²) in [5.41, 5.74) is 1.37. The summed E-state index contributed by atoms with van der Waals surface area (Å²) in [6.45, 7) is 2.36. The fraction of sp³-hybridized carbons (Fsp3) is 0.412. The van der Waals surface area contributed by atoms with Crippen molar-refractivity contribution in [2.24, 2.45) is 0 Å². The van der Waals surface area contributed by atoms with Gasteiger partial charge in [-0.3, -0.25) is 0 Å². The lowest BCUT2D eigenvalue weighted by Crippen LogP contribution is -2.41. The molecule has 0 spiro atoms. The van der Waals surface area contributed by atoms with E-state index in [-0.39, 0.29) is 0 Å². The molecule has 1 aromatic carbocycles. The maximum Gasteiger partial charge on any atom is 0.0673 e. The maximum atomic E-state index is 3.91. The van der Waals surface area contributed by atoms with Crippen molar-refractivity contribution in [3.05, 3.63) is 58.3 Å². The summed E-state index contributed by atoms with van der Waals surface area (Å²) in [7, 11) is 0. The topological polar surface area (TPSA) is 12.0 Å². The van der Waals surface area contributed by atoms with Crippen molar-refractivity contribution in [1.82, 2.24) is 5.32 Å². The first kappa shape index (κ1) is 14.2. The quantitative estimate of drug-likeness (QED) is 0.878. The highest BCUT2D eigenvalue weighted by molar-refractivity contribution is 7.99. The lowest BCUT2D eigenvalue weighted by atomic mass is 10.0. The molecule has 3 rings (SSSR count). The SMILES string of the molecule is CC1SCCCC1NC(c1ccccc1)c1cccs1. The van der Waals surface area contributed by atoms with Crippen LogP contribution in [0.4, 0.5) is 0 Å². The van der Waals surface area contributed by atoms with Crippen LogP contribution in [-0.4, -0.2) is 17.0 Å². The molecule has 3 unspecified atom stereocenters. The Balaban J connectivity index is 1.83. The Morgan fingerprint density at radius 1 is 1.15 bits per heavy atom. The summed E-state index contributed by atoms with van der Waals surface area (Å²) in [5, 5.41) is 6.79. The van der Waals surface area contributed by atoms with Crippen LogP contribution < -0.4 is 5.32 Å². The zero-order chi connectivity index (χ0) is 13.8. The van der Waals surface area contributed by atoms with Crippen LogP contribution in [0.5, 0.6) is 0 Å². The molecule has 0 amide bonds. The van der Waals surface area contributed by atoms with Gasteiger partial charge in [-0.15, -0.1) is 11.3 Å². The van der Waals surface area contributed by atoms with Gasteiger partial charge >= 0.3 is 0 Å². The molecule has 0 bridgehead atoms. The lowest BCUT2D eigenvalue weighted by Gasteiger charge is -2.33. The average Bonchev–Trinajstić information content (AvgIpc) is 3.01. The van der Waals surface area contributed by atoms with Gasteiger partial charge in [-0.2, -0.15) is 11.8 Å². The fourth-order valence-corrected chi connectivity index (χ4v) is 4.76. The number of nitrogens with one attached hydrogen (secondary N) is 1. The third-order valence-electron chi connectivity index (χ3n) is 3.95. The number of thioether (sulfide) groups is 1. The van der Waals surface area contributed by atoms with Crippen molar-refractivity contribution in [3.8, 4) is 0 Å². The summed E-state index contributed by atoms with van der Waals surface area (Å²) in [4.78, 5) is 1.42. The van der Waals surface area contributed by atoms with Crippen LogP contribution in [0.3, 0.4) is 0 Å². The molecule has 2 heterocycles. The third-order valence-corrected chi connectivity index (χ3v) is 6.26. The van der Waals surface area contributed by atoms with Crippen molar-refractivity contribution >= 4 is 23.1 Å². The smallest absolute Gasteiger partial charge is 0.0673 e. The fourth-order valence-electron chi connectivity index (χ4n) is 2.80. The molecular formula is C17H21NS2. The molecule has 0 aliphatic carbocycles. The molecule has 1 aliphatic rings. The molecule has 1 N–H and O–H groups in total. The largest absolute Gasteiger partial charge is 0.302 e. The lowest BCUT2D eigenvalue weighted by molar-refractivity contribution is 0.433. The Kier molecular flexibility index (Phi) is 4.81. The molecule has 20 heavy (non-hydrogen) atoms. The molecule has 1 nitrogen and oxygen atoms in total. The molecule has 2 aromatic rings. The predicted octanol–water partition coefficient (Wildman–Crippen LogP) is 4.71. The van der Waals surface area contributed by atoms with Crippen LogP contribution >= 0.6 is 23.1 Å². The Hall–Kier alpha value is -0.770. The molecule has 1 saturated heterocycles. The third kappa shape index (κ3) is 3.27. The average molecular weight is 303 g/mol. The summed E-state index contributed by atoms with van der Waals surface area (Å²) >= 11 is 3.95. The van der Waals surface area contributed by atoms with Crippen LogP contribution in [-0.2, 0) is 0 Å². The second-order valence-electron chi connectivity index (χ2n) is 5.35. The Labute approximate surface area is 129 Å². The second kappa shape index (κ2) is 6.79.